The lowest BCUT2D eigenvalue weighted by molar-refractivity contribution is 0.323. The van der Waals surface area contributed by atoms with Crippen molar-refractivity contribution in [1.29, 1.82) is 0 Å². The first-order chi connectivity index (χ1) is 9.78. The standard InChI is InChI=1S/C14H18N2O3S/c1-17-11-6-10(7-12(18-2)14(11)19-3)8-15-9-13-16-4-5-20-13/h4-7,15H,8-9H2,1-3H3. The van der Waals surface area contributed by atoms with Gasteiger partial charge in [-0.1, -0.05) is 0 Å². The van der Waals surface area contributed by atoms with Crippen LogP contribution in [0.2, 0.25) is 0 Å². The third-order valence-corrected chi connectivity index (χ3v) is 3.59. The molecule has 6 heteroatoms. The molecule has 0 saturated heterocycles. The normalized spacial score (nSPS) is 10.3. The minimum atomic E-state index is 0.610. The Kier molecular flexibility index (Phi) is 5.20. The van der Waals surface area contributed by atoms with Crippen molar-refractivity contribution in [3.8, 4) is 17.2 Å². The minimum absolute atomic E-state index is 0.610. The molecule has 0 radical (unpaired) electrons. The quantitative estimate of drug-likeness (QED) is 0.850. The van der Waals surface area contributed by atoms with Crippen LogP contribution >= 0.6 is 11.3 Å². The predicted molar refractivity (Wildman–Crippen MR) is 78.8 cm³/mol. The highest BCUT2D eigenvalue weighted by Gasteiger charge is 2.12. The highest BCUT2D eigenvalue weighted by molar-refractivity contribution is 7.09. The molecule has 1 aromatic heterocycles. The first kappa shape index (κ1) is 14.6. The van der Waals surface area contributed by atoms with Gasteiger partial charge in [-0.15, -0.1) is 11.3 Å². The molecule has 20 heavy (non-hydrogen) atoms. The van der Waals surface area contributed by atoms with E-state index in [2.05, 4.69) is 10.3 Å². The maximum absolute atomic E-state index is 5.33. The second-order valence-corrected chi connectivity index (χ2v) is 5.04. The SMILES string of the molecule is COc1cc(CNCc2nccs2)cc(OC)c1OC. The van der Waals surface area contributed by atoms with Crippen LogP contribution in [-0.2, 0) is 13.1 Å². The summed E-state index contributed by atoms with van der Waals surface area (Å²) in [6.07, 6.45) is 1.81. The monoisotopic (exact) mass is 294 g/mol. The number of hydrogen-bond donors (Lipinski definition) is 1. The van der Waals surface area contributed by atoms with E-state index < -0.39 is 0 Å². The fourth-order valence-electron chi connectivity index (χ4n) is 1.89. The second-order valence-electron chi connectivity index (χ2n) is 4.06. The van der Waals surface area contributed by atoms with E-state index >= 15 is 0 Å². The average molecular weight is 294 g/mol. The Morgan fingerprint density at radius 2 is 1.75 bits per heavy atom. The zero-order chi connectivity index (χ0) is 14.4. The van der Waals surface area contributed by atoms with E-state index in [1.807, 2.05) is 17.5 Å². The topological polar surface area (TPSA) is 52.6 Å². The Morgan fingerprint density at radius 3 is 2.25 bits per heavy atom. The van der Waals surface area contributed by atoms with E-state index in [0.717, 1.165) is 17.1 Å². The molecular formula is C14H18N2O3S. The maximum atomic E-state index is 5.33. The summed E-state index contributed by atoms with van der Waals surface area (Å²) in [4.78, 5) is 4.23. The molecule has 0 fully saturated rings. The van der Waals surface area contributed by atoms with E-state index in [1.54, 1.807) is 38.9 Å². The van der Waals surface area contributed by atoms with Crippen molar-refractivity contribution < 1.29 is 14.2 Å². The molecule has 0 bridgehead atoms. The zero-order valence-corrected chi connectivity index (χ0v) is 12.6. The summed E-state index contributed by atoms with van der Waals surface area (Å²) in [5, 5.41) is 6.38. The lowest BCUT2D eigenvalue weighted by atomic mass is 10.2. The third-order valence-electron chi connectivity index (χ3n) is 2.81. The largest absolute Gasteiger partial charge is 0.493 e. The van der Waals surface area contributed by atoms with Crippen molar-refractivity contribution in [2.75, 3.05) is 21.3 Å². The van der Waals surface area contributed by atoms with Gasteiger partial charge < -0.3 is 19.5 Å². The van der Waals surface area contributed by atoms with Gasteiger partial charge in [0.1, 0.15) is 5.01 Å². The van der Waals surface area contributed by atoms with Crippen LogP contribution in [0.4, 0.5) is 0 Å². The summed E-state index contributed by atoms with van der Waals surface area (Å²) in [6, 6.07) is 3.88. The molecule has 2 aromatic rings. The molecule has 2 rings (SSSR count). The van der Waals surface area contributed by atoms with Gasteiger partial charge in [0.2, 0.25) is 5.75 Å². The summed E-state index contributed by atoms with van der Waals surface area (Å²) >= 11 is 1.64. The van der Waals surface area contributed by atoms with E-state index in [1.165, 1.54) is 0 Å². The fraction of sp³-hybridized carbons (Fsp3) is 0.357. The molecule has 1 heterocycles. The van der Waals surface area contributed by atoms with Crippen LogP contribution in [0.5, 0.6) is 17.2 Å². The Bertz CT molecular complexity index is 518. The van der Waals surface area contributed by atoms with Crippen LogP contribution in [-0.4, -0.2) is 26.3 Å². The van der Waals surface area contributed by atoms with Crippen molar-refractivity contribution in [1.82, 2.24) is 10.3 Å². The minimum Gasteiger partial charge on any atom is -0.493 e. The van der Waals surface area contributed by atoms with E-state index in [-0.39, 0.29) is 0 Å². The zero-order valence-electron chi connectivity index (χ0n) is 11.8. The van der Waals surface area contributed by atoms with Gasteiger partial charge in [-0.2, -0.15) is 0 Å². The van der Waals surface area contributed by atoms with Gasteiger partial charge in [-0.25, -0.2) is 4.98 Å². The number of thiazole rings is 1. The molecule has 0 spiro atoms. The number of nitrogens with one attached hydrogen (secondary N) is 1. The number of ether oxygens (including phenoxy) is 3. The Hall–Kier alpha value is -1.79. The van der Waals surface area contributed by atoms with Crippen LogP contribution in [0.15, 0.2) is 23.7 Å². The molecular weight excluding hydrogens is 276 g/mol. The van der Waals surface area contributed by atoms with Crippen LogP contribution in [0.3, 0.4) is 0 Å². The van der Waals surface area contributed by atoms with E-state index in [9.17, 15) is 0 Å². The number of benzene rings is 1. The molecule has 0 aliphatic heterocycles. The molecule has 1 N–H and O–H groups in total. The summed E-state index contributed by atoms with van der Waals surface area (Å²) in [5.74, 6) is 1.94. The van der Waals surface area contributed by atoms with Gasteiger partial charge in [0, 0.05) is 24.7 Å². The van der Waals surface area contributed by atoms with Crippen molar-refractivity contribution in [3.05, 3.63) is 34.3 Å². The van der Waals surface area contributed by atoms with Gasteiger partial charge in [0.25, 0.3) is 0 Å². The molecule has 0 aliphatic carbocycles. The molecule has 1 aromatic carbocycles. The first-order valence-corrected chi connectivity index (χ1v) is 7.04. The number of rotatable bonds is 7. The smallest absolute Gasteiger partial charge is 0.203 e. The number of aromatic nitrogens is 1. The third kappa shape index (κ3) is 3.40. The molecule has 0 amide bonds. The molecule has 0 atom stereocenters. The van der Waals surface area contributed by atoms with Crippen LogP contribution < -0.4 is 19.5 Å². The summed E-state index contributed by atoms with van der Waals surface area (Å²) in [6.45, 7) is 1.45. The molecule has 0 saturated carbocycles. The van der Waals surface area contributed by atoms with Crippen molar-refractivity contribution in [3.63, 3.8) is 0 Å². The highest BCUT2D eigenvalue weighted by Crippen LogP contribution is 2.38. The van der Waals surface area contributed by atoms with Gasteiger partial charge in [0.15, 0.2) is 11.5 Å². The Balaban J connectivity index is 2.07. The Morgan fingerprint density at radius 1 is 1.05 bits per heavy atom. The lowest BCUT2D eigenvalue weighted by Crippen LogP contribution is -2.12. The summed E-state index contributed by atoms with van der Waals surface area (Å²) in [7, 11) is 4.83. The van der Waals surface area contributed by atoms with Gasteiger partial charge in [-0.05, 0) is 17.7 Å². The maximum Gasteiger partial charge on any atom is 0.203 e. The van der Waals surface area contributed by atoms with Crippen LogP contribution in [0.25, 0.3) is 0 Å². The molecule has 0 aliphatic rings. The first-order valence-electron chi connectivity index (χ1n) is 6.16. The second kappa shape index (κ2) is 7.12. The fourth-order valence-corrected chi connectivity index (χ4v) is 2.48. The van der Waals surface area contributed by atoms with Crippen LogP contribution in [0, 0.1) is 0 Å². The summed E-state index contributed by atoms with van der Waals surface area (Å²) < 4.78 is 16.0. The van der Waals surface area contributed by atoms with Crippen molar-refractivity contribution >= 4 is 11.3 Å². The van der Waals surface area contributed by atoms with Gasteiger partial charge in [0.05, 0.1) is 21.3 Å². The number of hydrogen-bond acceptors (Lipinski definition) is 6. The van der Waals surface area contributed by atoms with Crippen LogP contribution in [0.1, 0.15) is 10.6 Å². The van der Waals surface area contributed by atoms with Crippen molar-refractivity contribution in [2.45, 2.75) is 13.1 Å². The van der Waals surface area contributed by atoms with Crippen molar-refractivity contribution in [2.24, 2.45) is 0 Å². The number of methoxy groups -OCH3 is 3. The molecule has 108 valence electrons. The van der Waals surface area contributed by atoms with E-state index in [0.29, 0.717) is 23.8 Å². The molecule has 0 unspecified atom stereocenters. The lowest BCUT2D eigenvalue weighted by Gasteiger charge is -2.14. The van der Waals surface area contributed by atoms with E-state index in [4.69, 9.17) is 14.2 Å². The highest BCUT2D eigenvalue weighted by atomic mass is 32.1. The molecule has 5 nitrogen and oxygen atoms in total. The Labute approximate surface area is 122 Å². The van der Waals surface area contributed by atoms with Gasteiger partial charge >= 0.3 is 0 Å². The van der Waals surface area contributed by atoms with Gasteiger partial charge in [-0.3, -0.25) is 0 Å². The number of nitrogens with zero attached hydrogens (tertiary/aromatic N) is 1. The summed E-state index contributed by atoms with van der Waals surface area (Å²) in [5.41, 5.74) is 1.07. The predicted octanol–water partition coefficient (Wildman–Crippen LogP) is 2.46. The average Bonchev–Trinajstić information content (AvgIpc) is 2.99.